The van der Waals surface area contributed by atoms with E-state index in [-0.39, 0.29) is 11.3 Å². The van der Waals surface area contributed by atoms with Crippen molar-refractivity contribution in [2.75, 3.05) is 13.2 Å². The molecule has 80 valence electrons. The summed E-state index contributed by atoms with van der Waals surface area (Å²) in [5, 5.41) is 8.63. The standard InChI is InChI=1S/C10H9FO4/c11-7-1-2-8-10(15-4-3-14-8)6(7)5-9(12)13/h1-2H,3-5H2,(H,12,13). The number of fused-ring (bicyclic) bond motifs is 1. The Morgan fingerprint density at radius 2 is 2.13 bits per heavy atom. The molecule has 0 saturated carbocycles. The summed E-state index contributed by atoms with van der Waals surface area (Å²) in [6.45, 7) is 0.703. The van der Waals surface area contributed by atoms with Crippen LogP contribution in [0.5, 0.6) is 11.5 Å². The van der Waals surface area contributed by atoms with Crippen molar-refractivity contribution in [3.8, 4) is 11.5 Å². The van der Waals surface area contributed by atoms with Crippen LogP contribution in [0.25, 0.3) is 0 Å². The van der Waals surface area contributed by atoms with E-state index < -0.39 is 18.2 Å². The molecule has 0 unspecified atom stereocenters. The number of carboxylic acid groups (broad SMARTS) is 1. The molecule has 0 saturated heterocycles. The second kappa shape index (κ2) is 3.76. The van der Waals surface area contributed by atoms with Crippen molar-refractivity contribution in [2.24, 2.45) is 0 Å². The van der Waals surface area contributed by atoms with Gasteiger partial charge >= 0.3 is 5.97 Å². The second-order valence-corrected chi connectivity index (χ2v) is 3.12. The van der Waals surface area contributed by atoms with Crippen LogP contribution in [0.2, 0.25) is 0 Å². The van der Waals surface area contributed by atoms with E-state index >= 15 is 0 Å². The molecule has 1 aromatic rings. The van der Waals surface area contributed by atoms with Crippen LogP contribution in [0.3, 0.4) is 0 Å². The first-order valence-corrected chi connectivity index (χ1v) is 4.47. The fourth-order valence-corrected chi connectivity index (χ4v) is 1.47. The molecule has 0 bridgehead atoms. The molecular formula is C10H9FO4. The highest BCUT2D eigenvalue weighted by Gasteiger charge is 2.21. The van der Waals surface area contributed by atoms with E-state index in [1.165, 1.54) is 12.1 Å². The SMILES string of the molecule is O=C(O)Cc1c(F)ccc2c1OCCO2. The van der Waals surface area contributed by atoms with E-state index in [9.17, 15) is 9.18 Å². The van der Waals surface area contributed by atoms with Gasteiger partial charge in [-0.15, -0.1) is 0 Å². The molecule has 0 fully saturated rings. The summed E-state index contributed by atoms with van der Waals surface area (Å²) >= 11 is 0. The Labute approximate surface area is 85.2 Å². The summed E-state index contributed by atoms with van der Waals surface area (Å²) in [7, 11) is 0. The molecule has 0 spiro atoms. The Hall–Kier alpha value is -1.78. The maximum atomic E-state index is 13.3. The Kier molecular flexibility index (Phi) is 2.45. The molecule has 5 heteroatoms. The van der Waals surface area contributed by atoms with Gasteiger partial charge in [-0.25, -0.2) is 4.39 Å². The van der Waals surface area contributed by atoms with Crippen molar-refractivity contribution in [2.45, 2.75) is 6.42 Å². The Balaban J connectivity index is 2.45. The van der Waals surface area contributed by atoms with E-state index in [1.807, 2.05) is 0 Å². The van der Waals surface area contributed by atoms with Crippen LogP contribution >= 0.6 is 0 Å². The molecular weight excluding hydrogens is 203 g/mol. The average Bonchev–Trinajstić information content (AvgIpc) is 2.22. The predicted octanol–water partition coefficient (Wildman–Crippen LogP) is 1.22. The normalized spacial score (nSPS) is 13.7. The molecule has 1 aliphatic heterocycles. The molecule has 4 nitrogen and oxygen atoms in total. The van der Waals surface area contributed by atoms with Gasteiger partial charge in [-0.2, -0.15) is 0 Å². The van der Waals surface area contributed by atoms with Crippen LogP contribution in [0, 0.1) is 5.82 Å². The first-order chi connectivity index (χ1) is 7.18. The molecule has 1 aliphatic rings. The predicted molar refractivity (Wildman–Crippen MR) is 48.7 cm³/mol. The van der Waals surface area contributed by atoms with Crippen LogP contribution in [0.1, 0.15) is 5.56 Å². The Morgan fingerprint density at radius 3 is 2.87 bits per heavy atom. The van der Waals surface area contributed by atoms with Gasteiger partial charge in [0, 0.05) is 5.56 Å². The molecule has 1 N–H and O–H groups in total. The van der Waals surface area contributed by atoms with Crippen molar-refractivity contribution in [1.29, 1.82) is 0 Å². The van der Waals surface area contributed by atoms with Gasteiger partial charge in [-0.05, 0) is 12.1 Å². The van der Waals surface area contributed by atoms with E-state index in [1.54, 1.807) is 0 Å². The first-order valence-electron chi connectivity index (χ1n) is 4.47. The number of rotatable bonds is 2. The number of halogens is 1. The highest BCUT2D eigenvalue weighted by Crippen LogP contribution is 2.35. The van der Waals surface area contributed by atoms with Crippen molar-refractivity contribution in [1.82, 2.24) is 0 Å². The second-order valence-electron chi connectivity index (χ2n) is 3.12. The third-order valence-electron chi connectivity index (χ3n) is 2.08. The maximum Gasteiger partial charge on any atom is 0.308 e. The van der Waals surface area contributed by atoms with Crippen LogP contribution in [-0.4, -0.2) is 24.3 Å². The summed E-state index contributed by atoms with van der Waals surface area (Å²) in [6, 6.07) is 2.63. The third kappa shape index (κ3) is 1.86. The highest BCUT2D eigenvalue weighted by atomic mass is 19.1. The lowest BCUT2D eigenvalue weighted by molar-refractivity contribution is -0.136. The number of aliphatic carboxylic acids is 1. The zero-order chi connectivity index (χ0) is 10.8. The molecule has 15 heavy (non-hydrogen) atoms. The topological polar surface area (TPSA) is 55.8 Å². The van der Waals surface area contributed by atoms with E-state index in [0.29, 0.717) is 19.0 Å². The minimum Gasteiger partial charge on any atom is -0.486 e. The number of carbonyl (C=O) groups is 1. The monoisotopic (exact) mass is 212 g/mol. The summed E-state index contributed by atoms with van der Waals surface area (Å²) in [6.07, 6.45) is -0.404. The lowest BCUT2D eigenvalue weighted by Gasteiger charge is -2.20. The molecule has 0 radical (unpaired) electrons. The van der Waals surface area contributed by atoms with E-state index in [4.69, 9.17) is 14.6 Å². The minimum atomic E-state index is -1.10. The lowest BCUT2D eigenvalue weighted by atomic mass is 10.1. The summed E-state index contributed by atoms with van der Waals surface area (Å²) in [4.78, 5) is 10.5. The molecule has 0 atom stereocenters. The maximum absolute atomic E-state index is 13.3. The van der Waals surface area contributed by atoms with Crippen molar-refractivity contribution >= 4 is 5.97 Å². The molecule has 0 amide bonds. The van der Waals surface area contributed by atoms with E-state index in [2.05, 4.69) is 0 Å². The summed E-state index contributed by atoms with van der Waals surface area (Å²) in [5.74, 6) is -1.07. The van der Waals surface area contributed by atoms with Gasteiger partial charge in [-0.3, -0.25) is 4.79 Å². The van der Waals surface area contributed by atoms with Gasteiger partial charge < -0.3 is 14.6 Å². The zero-order valence-corrected chi connectivity index (χ0v) is 7.83. The summed E-state index contributed by atoms with van der Waals surface area (Å²) in [5.41, 5.74) is 0.0414. The van der Waals surface area contributed by atoms with Crippen LogP contribution in [-0.2, 0) is 11.2 Å². The summed E-state index contributed by atoms with van der Waals surface area (Å²) < 4.78 is 23.8. The van der Waals surface area contributed by atoms with Crippen molar-refractivity contribution < 1.29 is 23.8 Å². The van der Waals surface area contributed by atoms with Gasteiger partial charge in [0.15, 0.2) is 11.5 Å². The quantitative estimate of drug-likeness (QED) is 0.800. The van der Waals surface area contributed by atoms with Crippen LogP contribution in [0.4, 0.5) is 4.39 Å². The van der Waals surface area contributed by atoms with Gasteiger partial charge in [0.25, 0.3) is 0 Å². The molecule has 2 rings (SSSR count). The Bertz CT molecular complexity index is 403. The molecule has 0 aromatic heterocycles. The third-order valence-corrected chi connectivity index (χ3v) is 2.08. The number of hydrogen-bond acceptors (Lipinski definition) is 3. The molecule has 0 aliphatic carbocycles. The number of benzene rings is 1. The van der Waals surface area contributed by atoms with Crippen LogP contribution < -0.4 is 9.47 Å². The van der Waals surface area contributed by atoms with Crippen molar-refractivity contribution in [3.05, 3.63) is 23.5 Å². The van der Waals surface area contributed by atoms with Crippen molar-refractivity contribution in [3.63, 3.8) is 0 Å². The first kappa shape index (κ1) is 9.76. The molecule has 1 aromatic carbocycles. The van der Waals surface area contributed by atoms with Gasteiger partial charge in [0.1, 0.15) is 19.0 Å². The smallest absolute Gasteiger partial charge is 0.308 e. The largest absolute Gasteiger partial charge is 0.486 e. The zero-order valence-electron chi connectivity index (χ0n) is 7.83. The fraction of sp³-hybridized carbons (Fsp3) is 0.300. The lowest BCUT2D eigenvalue weighted by Crippen LogP contribution is -2.18. The number of ether oxygens (including phenoxy) is 2. The van der Waals surface area contributed by atoms with Gasteiger partial charge in [0.05, 0.1) is 6.42 Å². The van der Waals surface area contributed by atoms with Gasteiger partial charge in [0.2, 0.25) is 0 Å². The average molecular weight is 212 g/mol. The highest BCUT2D eigenvalue weighted by molar-refractivity contribution is 5.72. The fourth-order valence-electron chi connectivity index (χ4n) is 1.47. The number of hydrogen-bond donors (Lipinski definition) is 1. The number of carboxylic acids is 1. The molecule has 1 heterocycles. The van der Waals surface area contributed by atoms with Gasteiger partial charge in [-0.1, -0.05) is 0 Å². The minimum absolute atomic E-state index is 0.0414. The van der Waals surface area contributed by atoms with Crippen LogP contribution in [0.15, 0.2) is 12.1 Å². The van der Waals surface area contributed by atoms with E-state index in [0.717, 1.165) is 0 Å². The Morgan fingerprint density at radius 1 is 1.40 bits per heavy atom.